The van der Waals surface area contributed by atoms with E-state index in [1.807, 2.05) is 25.7 Å². The lowest BCUT2D eigenvalue weighted by atomic mass is 9.91. The molecule has 0 saturated carbocycles. The van der Waals surface area contributed by atoms with Crippen LogP contribution in [-0.2, 0) is 11.2 Å². The number of amides is 1. The van der Waals surface area contributed by atoms with Gasteiger partial charge in [0.1, 0.15) is 17.6 Å². The maximum Gasteiger partial charge on any atom is 0.226 e. The standard InChI is InChI=1S/C18H26N2O3/c1-11-12(2)18-15(13(3)17(11)22)5-4-14(23-18)10-16(21)20-8-6-19-7-9-20/h14,19,22H,4-10H2,1-3H3/t14-/m0/s1. The number of nitrogens with zero attached hydrogens (tertiary/aromatic N) is 1. The van der Waals surface area contributed by atoms with E-state index in [1.54, 1.807) is 0 Å². The van der Waals surface area contributed by atoms with Crippen LogP contribution in [0, 0.1) is 20.8 Å². The van der Waals surface area contributed by atoms with Crippen LogP contribution in [0.1, 0.15) is 35.1 Å². The average Bonchev–Trinajstić information content (AvgIpc) is 2.58. The number of benzene rings is 1. The Morgan fingerprint density at radius 3 is 2.61 bits per heavy atom. The minimum Gasteiger partial charge on any atom is -0.507 e. The summed E-state index contributed by atoms with van der Waals surface area (Å²) >= 11 is 0. The van der Waals surface area contributed by atoms with Crippen LogP contribution in [0.15, 0.2) is 0 Å². The summed E-state index contributed by atoms with van der Waals surface area (Å²) in [5, 5.41) is 13.5. The van der Waals surface area contributed by atoms with Gasteiger partial charge >= 0.3 is 0 Å². The van der Waals surface area contributed by atoms with Crippen molar-refractivity contribution in [3.63, 3.8) is 0 Å². The molecule has 126 valence electrons. The van der Waals surface area contributed by atoms with Gasteiger partial charge in [0.05, 0.1) is 6.42 Å². The molecule has 5 heteroatoms. The van der Waals surface area contributed by atoms with E-state index in [2.05, 4.69) is 5.32 Å². The number of ether oxygens (including phenoxy) is 1. The monoisotopic (exact) mass is 318 g/mol. The van der Waals surface area contributed by atoms with Gasteiger partial charge in [0.2, 0.25) is 5.91 Å². The molecule has 0 aromatic heterocycles. The van der Waals surface area contributed by atoms with Crippen LogP contribution in [0.25, 0.3) is 0 Å². The molecule has 1 fully saturated rings. The summed E-state index contributed by atoms with van der Waals surface area (Å²) < 4.78 is 6.17. The number of piperazine rings is 1. The van der Waals surface area contributed by atoms with Crippen LogP contribution < -0.4 is 10.1 Å². The highest BCUT2D eigenvalue weighted by Gasteiger charge is 2.29. The Hall–Kier alpha value is -1.75. The summed E-state index contributed by atoms with van der Waals surface area (Å²) in [6.07, 6.45) is 2.06. The molecule has 2 N–H and O–H groups in total. The number of phenols is 1. The third-order valence-electron chi connectivity index (χ3n) is 5.21. The molecule has 1 amide bonds. The fourth-order valence-electron chi connectivity index (χ4n) is 3.54. The number of rotatable bonds is 2. The quantitative estimate of drug-likeness (QED) is 0.873. The number of carbonyl (C=O) groups is 1. The molecule has 5 nitrogen and oxygen atoms in total. The van der Waals surface area contributed by atoms with E-state index >= 15 is 0 Å². The molecule has 0 aliphatic carbocycles. The van der Waals surface area contributed by atoms with Crippen LogP contribution in [0.3, 0.4) is 0 Å². The molecule has 2 heterocycles. The van der Waals surface area contributed by atoms with Crippen molar-refractivity contribution < 1.29 is 14.6 Å². The van der Waals surface area contributed by atoms with Gasteiger partial charge in [-0.25, -0.2) is 0 Å². The number of carbonyl (C=O) groups excluding carboxylic acids is 1. The lowest BCUT2D eigenvalue weighted by Gasteiger charge is -2.32. The topological polar surface area (TPSA) is 61.8 Å². The second-order valence-corrected chi connectivity index (χ2v) is 6.64. The highest BCUT2D eigenvalue weighted by Crippen LogP contribution is 2.41. The summed E-state index contributed by atoms with van der Waals surface area (Å²) in [6, 6.07) is 0. The molecule has 1 aromatic carbocycles. The normalized spacial score (nSPS) is 20.8. The van der Waals surface area contributed by atoms with Gasteiger partial charge in [0.15, 0.2) is 0 Å². The minimum absolute atomic E-state index is 0.0630. The number of fused-ring (bicyclic) bond motifs is 1. The van der Waals surface area contributed by atoms with Gasteiger partial charge < -0.3 is 20.1 Å². The van der Waals surface area contributed by atoms with Crippen molar-refractivity contribution in [2.24, 2.45) is 0 Å². The third kappa shape index (κ3) is 3.02. The molecule has 0 unspecified atom stereocenters. The number of phenolic OH excluding ortho intramolecular Hbond substituents is 1. The zero-order valence-corrected chi connectivity index (χ0v) is 14.2. The van der Waals surface area contributed by atoms with E-state index in [0.29, 0.717) is 12.2 Å². The van der Waals surface area contributed by atoms with Gasteiger partial charge in [-0.2, -0.15) is 0 Å². The van der Waals surface area contributed by atoms with Crippen LogP contribution in [0.2, 0.25) is 0 Å². The van der Waals surface area contributed by atoms with Crippen LogP contribution in [-0.4, -0.2) is 48.2 Å². The van der Waals surface area contributed by atoms with E-state index in [9.17, 15) is 9.90 Å². The van der Waals surface area contributed by atoms with Gasteiger partial charge in [-0.15, -0.1) is 0 Å². The van der Waals surface area contributed by atoms with Gasteiger partial charge in [0, 0.05) is 31.7 Å². The third-order valence-corrected chi connectivity index (χ3v) is 5.21. The van der Waals surface area contributed by atoms with Crippen LogP contribution >= 0.6 is 0 Å². The first-order valence-electron chi connectivity index (χ1n) is 8.45. The number of hydrogen-bond donors (Lipinski definition) is 2. The van der Waals surface area contributed by atoms with Gasteiger partial charge in [-0.05, 0) is 50.3 Å². The number of nitrogens with one attached hydrogen (secondary N) is 1. The molecule has 0 bridgehead atoms. The van der Waals surface area contributed by atoms with Gasteiger partial charge in [0.25, 0.3) is 0 Å². The Labute approximate surface area is 137 Å². The zero-order valence-electron chi connectivity index (χ0n) is 14.2. The molecule has 2 aliphatic heterocycles. The zero-order chi connectivity index (χ0) is 16.6. The predicted molar refractivity (Wildman–Crippen MR) is 89.1 cm³/mol. The van der Waals surface area contributed by atoms with Gasteiger partial charge in [-0.3, -0.25) is 4.79 Å². The first-order valence-corrected chi connectivity index (χ1v) is 8.45. The number of aromatic hydroxyl groups is 1. The lowest BCUT2D eigenvalue weighted by molar-refractivity contribution is -0.133. The molecular formula is C18H26N2O3. The maximum atomic E-state index is 12.4. The SMILES string of the molecule is Cc1c(C)c2c(c(C)c1O)CC[C@@H](CC(=O)N1CCNCC1)O2. The van der Waals surface area contributed by atoms with E-state index in [4.69, 9.17) is 4.74 Å². The summed E-state index contributed by atoms with van der Waals surface area (Å²) in [5.74, 6) is 1.44. The van der Waals surface area contributed by atoms with Crippen molar-refractivity contribution >= 4 is 5.91 Å². The van der Waals surface area contributed by atoms with Crippen molar-refractivity contribution in [1.82, 2.24) is 10.2 Å². The molecule has 23 heavy (non-hydrogen) atoms. The summed E-state index contributed by atoms with van der Waals surface area (Å²) in [5.41, 5.74) is 3.87. The summed E-state index contributed by atoms with van der Waals surface area (Å²) in [7, 11) is 0. The molecular weight excluding hydrogens is 292 g/mol. The minimum atomic E-state index is -0.0630. The molecule has 1 atom stereocenters. The first kappa shape index (κ1) is 16.1. The Morgan fingerprint density at radius 2 is 1.91 bits per heavy atom. The lowest BCUT2D eigenvalue weighted by Crippen LogP contribution is -2.47. The molecule has 1 saturated heterocycles. The van der Waals surface area contributed by atoms with Gasteiger partial charge in [-0.1, -0.05) is 0 Å². The molecule has 0 spiro atoms. The fourth-order valence-corrected chi connectivity index (χ4v) is 3.54. The van der Waals surface area contributed by atoms with E-state index in [0.717, 1.165) is 67.0 Å². The second-order valence-electron chi connectivity index (χ2n) is 6.64. The van der Waals surface area contributed by atoms with Crippen molar-refractivity contribution in [2.75, 3.05) is 26.2 Å². The van der Waals surface area contributed by atoms with Crippen molar-refractivity contribution in [1.29, 1.82) is 0 Å². The average molecular weight is 318 g/mol. The largest absolute Gasteiger partial charge is 0.507 e. The maximum absolute atomic E-state index is 12.4. The Bertz CT molecular complexity index is 621. The van der Waals surface area contributed by atoms with Crippen molar-refractivity contribution in [2.45, 2.75) is 46.1 Å². The fraction of sp³-hybridized carbons (Fsp3) is 0.611. The van der Waals surface area contributed by atoms with Crippen LogP contribution in [0.4, 0.5) is 0 Å². The highest BCUT2D eigenvalue weighted by atomic mass is 16.5. The molecule has 3 rings (SSSR count). The Kier molecular flexibility index (Phi) is 4.48. The predicted octanol–water partition coefficient (Wildman–Crippen LogP) is 1.83. The number of hydrogen-bond acceptors (Lipinski definition) is 4. The molecule has 2 aliphatic rings. The van der Waals surface area contributed by atoms with Crippen molar-refractivity contribution in [3.05, 3.63) is 22.3 Å². The second kappa shape index (κ2) is 6.40. The smallest absolute Gasteiger partial charge is 0.226 e. The van der Waals surface area contributed by atoms with E-state index in [1.165, 1.54) is 0 Å². The van der Waals surface area contributed by atoms with E-state index < -0.39 is 0 Å². The summed E-state index contributed by atoms with van der Waals surface area (Å²) in [6.45, 7) is 9.15. The van der Waals surface area contributed by atoms with E-state index in [-0.39, 0.29) is 12.0 Å². The first-order chi connectivity index (χ1) is 11.0. The molecule has 1 aromatic rings. The summed E-state index contributed by atoms with van der Waals surface area (Å²) in [4.78, 5) is 14.4. The Morgan fingerprint density at radius 1 is 1.22 bits per heavy atom. The Balaban J connectivity index is 1.74. The van der Waals surface area contributed by atoms with Crippen LogP contribution in [0.5, 0.6) is 11.5 Å². The highest BCUT2D eigenvalue weighted by molar-refractivity contribution is 5.77. The molecule has 0 radical (unpaired) electrons. The van der Waals surface area contributed by atoms with Crippen molar-refractivity contribution in [3.8, 4) is 11.5 Å².